The van der Waals surface area contributed by atoms with Gasteiger partial charge in [-0.05, 0) is 28.1 Å². The molecular weight excluding hydrogens is 362 g/mol. The van der Waals surface area contributed by atoms with Gasteiger partial charge in [-0.1, -0.05) is 15.9 Å². The Balaban J connectivity index is 2.13. The Bertz CT molecular complexity index is 632. The first-order valence-corrected chi connectivity index (χ1v) is 7.21. The zero-order chi connectivity index (χ0) is 12.7. The lowest BCUT2D eigenvalue weighted by Gasteiger charge is -2.18. The molecule has 1 aliphatic heterocycles. The van der Waals surface area contributed by atoms with Crippen LogP contribution in [0.2, 0.25) is 0 Å². The highest BCUT2D eigenvalue weighted by Gasteiger charge is 2.30. The number of amides is 1. The minimum absolute atomic E-state index is 0.126. The first-order valence-electron chi connectivity index (χ1n) is 5.50. The van der Waals surface area contributed by atoms with E-state index < -0.39 is 0 Å². The standard InChI is InChI=1S/C12H9Br2N3O/c13-7-5-10(18)17(6-7)9-2-1-8-12(11(9)14)16-4-3-15-8/h1-4,7H,5-6H2. The van der Waals surface area contributed by atoms with Gasteiger partial charge in [0.05, 0.1) is 15.7 Å². The molecule has 0 saturated carbocycles. The molecule has 3 rings (SSSR count). The summed E-state index contributed by atoms with van der Waals surface area (Å²) in [6, 6.07) is 3.79. The Kier molecular flexibility index (Phi) is 3.07. The topological polar surface area (TPSA) is 46.1 Å². The number of fused-ring (bicyclic) bond motifs is 1. The molecule has 2 aromatic rings. The Morgan fingerprint density at radius 1 is 1.28 bits per heavy atom. The van der Waals surface area contributed by atoms with Crippen molar-refractivity contribution < 1.29 is 4.79 Å². The van der Waals surface area contributed by atoms with Gasteiger partial charge in [-0.3, -0.25) is 14.8 Å². The Morgan fingerprint density at radius 3 is 2.78 bits per heavy atom. The summed E-state index contributed by atoms with van der Waals surface area (Å²) in [6.45, 7) is 0.684. The molecule has 1 amide bonds. The number of nitrogens with zero attached hydrogens (tertiary/aromatic N) is 3. The number of halogens is 2. The molecule has 0 bridgehead atoms. The molecule has 0 aliphatic carbocycles. The second-order valence-electron chi connectivity index (χ2n) is 4.13. The van der Waals surface area contributed by atoms with E-state index in [1.54, 1.807) is 17.3 Å². The molecule has 0 N–H and O–H groups in total. The molecule has 1 saturated heterocycles. The fourth-order valence-electron chi connectivity index (χ4n) is 2.10. The van der Waals surface area contributed by atoms with Crippen LogP contribution < -0.4 is 4.90 Å². The average molecular weight is 371 g/mol. The summed E-state index contributed by atoms with van der Waals surface area (Å²) >= 11 is 7.01. The number of hydrogen-bond acceptors (Lipinski definition) is 3. The van der Waals surface area contributed by atoms with Crippen LogP contribution in [-0.4, -0.2) is 27.2 Å². The Labute approximate surface area is 121 Å². The number of alkyl halides is 1. The van der Waals surface area contributed by atoms with E-state index in [4.69, 9.17) is 0 Å². The van der Waals surface area contributed by atoms with Crippen LogP contribution in [0.1, 0.15) is 6.42 Å². The monoisotopic (exact) mass is 369 g/mol. The van der Waals surface area contributed by atoms with E-state index >= 15 is 0 Å². The molecule has 1 aromatic carbocycles. The molecule has 4 nitrogen and oxygen atoms in total. The summed E-state index contributed by atoms with van der Waals surface area (Å²) in [5.74, 6) is 0.126. The fourth-order valence-corrected chi connectivity index (χ4v) is 3.32. The van der Waals surface area contributed by atoms with Gasteiger partial charge in [0.25, 0.3) is 0 Å². The fraction of sp³-hybridized carbons (Fsp3) is 0.250. The molecule has 1 aromatic heterocycles. The number of carbonyl (C=O) groups excluding carboxylic acids is 1. The summed E-state index contributed by atoms with van der Waals surface area (Å²) in [6.07, 6.45) is 3.84. The van der Waals surface area contributed by atoms with Crippen molar-refractivity contribution in [3.8, 4) is 0 Å². The number of hydrogen-bond donors (Lipinski definition) is 0. The lowest BCUT2D eigenvalue weighted by Crippen LogP contribution is -2.25. The van der Waals surface area contributed by atoms with Crippen molar-refractivity contribution in [2.75, 3.05) is 11.4 Å². The predicted octanol–water partition coefficient (Wildman–Crippen LogP) is 2.89. The van der Waals surface area contributed by atoms with E-state index in [0.717, 1.165) is 21.2 Å². The molecule has 1 aliphatic rings. The molecule has 6 heteroatoms. The average Bonchev–Trinajstić information content (AvgIpc) is 2.69. The van der Waals surface area contributed by atoms with Gasteiger partial charge in [-0.15, -0.1) is 0 Å². The first-order chi connectivity index (χ1) is 8.66. The van der Waals surface area contributed by atoms with Crippen LogP contribution in [-0.2, 0) is 4.79 Å². The summed E-state index contributed by atoms with van der Waals surface area (Å²) in [4.78, 5) is 22.4. The smallest absolute Gasteiger partial charge is 0.228 e. The summed E-state index contributed by atoms with van der Waals surface area (Å²) in [5, 5.41) is 0. The minimum Gasteiger partial charge on any atom is -0.310 e. The largest absolute Gasteiger partial charge is 0.310 e. The van der Waals surface area contributed by atoms with Crippen molar-refractivity contribution in [3.63, 3.8) is 0 Å². The van der Waals surface area contributed by atoms with E-state index in [1.807, 2.05) is 12.1 Å². The van der Waals surface area contributed by atoms with Crippen molar-refractivity contribution >= 4 is 54.5 Å². The van der Waals surface area contributed by atoms with E-state index in [1.165, 1.54) is 0 Å². The summed E-state index contributed by atoms with van der Waals surface area (Å²) < 4.78 is 0.822. The highest BCUT2D eigenvalue weighted by atomic mass is 79.9. The van der Waals surface area contributed by atoms with Crippen molar-refractivity contribution in [2.45, 2.75) is 11.2 Å². The summed E-state index contributed by atoms with van der Waals surface area (Å²) in [7, 11) is 0. The predicted molar refractivity (Wildman–Crippen MR) is 76.9 cm³/mol. The van der Waals surface area contributed by atoms with Crippen molar-refractivity contribution in [1.82, 2.24) is 9.97 Å². The summed E-state index contributed by atoms with van der Waals surface area (Å²) in [5.41, 5.74) is 2.45. The van der Waals surface area contributed by atoms with Crippen LogP contribution in [0.5, 0.6) is 0 Å². The molecule has 0 spiro atoms. The van der Waals surface area contributed by atoms with Crippen LogP contribution >= 0.6 is 31.9 Å². The SMILES string of the molecule is O=C1CC(Br)CN1c1ccc2nccnc2c1Br. The first kappa shape index (κ1) is 12.0. The molecule has 0 radical (unpaired) electrons. The third-order valence-corrected chi connectivity index (χ3v) is 4.32. The van der Waals surface area contributed by atoms with Crippen LogP contribution in [0.4, 0.5) is 5.69 Å². The van der Waals surface area contributed by atoms with Gasteiger partial charge in [0.1, 0.15) is 5.52 Å². The molecule has 1 unspecified atom stereocenters. The Morgan fingerprint density at radius 2 is 2.06 bits per heavy atom. The number of aromatic nitrogens is 2. The van der Waals surface area contributed by atoms with Gasteiger partial charge in [0.15, 0.2) is 0 Å². The van der Waals surface area contributed by atoms with Gasteiger partial charge in [-0.25, -0.2) is 0 Å². The number of anilines is 1. The molecular formula is C12H9Br2N3O. The maximum atomic E-state index is 11.9. The second kappa shape index (κ2) is 4.59. The van der Waals surface area contributed by atoms with Gasteiger partial charge in [-0.2, -0.15) is 0 Å². The van der Waals surface area contributed by atoms with Crippen molar-refractivity contribution in [2.24, 2.45) is 0 Å². The van der Waals surface area contributed by atoms with Gasteiger partial charge < -0.3 is 4.90 Å². The van der Waals surface area contributed by atoms with Crippen LogP contribution in [0.15, 0.2) is 29.0 Å². The van der Waals surface area contributed by atoms with Gasteiger partial charge >= 0.3 is 0 Å². The zero-order valence-corrected chi connectivity index (χ0v) is 12.5. The third kappa shape index (κ3) is 1.93. The highest BCUT2D eigenvalue weighted by Crippen LogP contribution is 2.35. The second-order valence-corrected chi connectivity index (χ2v) is 6.22. The lowest BCUT2D eigenvalue weighted by molar-refractivity contribution is -0.117. The maximum Gasteiger partial charge on any atom is 0.228 e. The Hall–Kier alpha value is -1.01. The molecule has 2 heterocycles. The maximum absolute atomic E-state index is 11.9. The van der Waals surface area contributed by atoms with Crippen LogP contribution in [0.25, 0.3) is 11.0 Å². The molecule has 18 heavy (non-hydrogen) atoms. The quantitative estimate of drug-likeness (QED) is 0.725. The van der Waals surface area contributed by atoms with Crippen LogP contribution in [0, 0.1) is 0 Å². The lowest BCUT2D eigenvalue weighted by atomic mass is 10.2. The number of rotatable bonds is 1. The molecule has 92 valence electrons. The van der Waals surface area contributed by atoms with E-state index in [9.17, 15) is 4.79 Å². The minimum atomic E-state index is 0.126. The van der Waals surface area contributed by atoms with E-state index in [-0.39, 0.29) is 10.7 Å². The number of benzene rings is 1. The van der Waals surface area contributed by atoms with Gasteiger partial charge in [0.2, 0.25) is 5.91 Å². The molecule has 1 atom stereocenters. The van der Waals surface area contributed by atoms with E-state index in [0.29, 0.717) is 13.0 Å². The normalized spacial score (nSPS) is 19.8. The van der Waals surface area contributed by atoms with Crippen LogP contribution in [0.3, 0.4) is 0 Å². The molecule has 1 fully saturated rings. The third-order valence-electron chi connectivity index (χ3n) is 2.93. The highest BCUT2D eigenvalue weighted by molar-refractivity contribution is 9.10. The zero-order valence-electron chi connectivity index (χ0n) is 9.31. The van der Waals surface area contributed by atoms with E-state index in [2.05, 4.69) is 41.8 Å². The van der Waals surface area contributed by atoms with Crippen molar-refractivity contribution in [3.05, 3.63) is 29.0 Å². The van der Waals surface area contributed by atoms with Gasteiger partial charge in [0, 0.05) is 30.2 Å². The number of carbonyl (C=O) groups is 1. The van der Waals surface area contributed by atoms with Crippen molar-refractivity contribution in [1.29, 1.82) is 0 Å².